The molecule has 1 heterocycles. The highest BCUT2D eigenvalue weighted by molar-refractivity contribution is 9.10. The molecule has 0 bridgehead atoms. The summed E-state index contributed by atoms with van der Waals surface area (Å²) in [5, 5.41) is 11.4. The van der Waals surface area contributed by atoms with Gasteiger partial charge in [0.25, 0.3) is 0 Å². The predicted molar refractivity (Wildman–Crippen MR) is 82.8 cm³/mol. The highest BCUT2D eigenvalue weighted by Crippen LogP contribution is 2.28. The van der Waals surface area contributed by atoms with Gasteiger partial charge in [0.05, 0.1) is 10.2 Å². The first-order valence-electron chi connectivity index (χ1n) is 6.54. The van der Waals surface area contributed by atoms with Crippen molar-refractivity contribution in [3.8, 4) is 11.6 Å². The number of nitrogens with zero attached hydrogens (tertiary/aromatic N) is 2. The van der Waals surface area contributed by atoms with Crippen LogP contribution in [-0.2, 0) is 6.54 Å². The Balaban J connectivity index is 2.02. The van der Waals surface area contributed by atoms with E-state index in [2.05, 4.69) is 52.2 Å². The molecule has 0 saturated carbocycles. The van der Waals surface area contributed by atoms with Gasteiger partial charge in [-0.3, -0.25) is 0 Å². The molecule has 2 aromatic rings. The standard InChI is InChI=1S/C15H17BrFN3O/c1-15(2,3)18-9-11-5-7-14(20-19-11)21-13-6-4-10(17)8-12(13)16/h4-8,18H,9H2,1-3H3. The number of rotatable bonds is 4. The molecule has 0 aliphatic rings. The molecule has 21 heavy (non-hydrogen) atoms. The number of nitrogens with one attached hydrogen (secondary N) is 1. The highest BCUT2D eigenvalue weighted by atomic mass is 79.9. The topological polar surface area (TPSA) is 47.0 Å². The zero-order valence-corrected chi connectivity index (χ0v) is 13.7. The third kappa shape index (κ3) is 5.06. The monoisotopic (exact) mass is 353 g/mol. The van der Waals surface area contributed by atoms with Gasteiger partial charge in [-0.05, 0) is 61.0 Å². The van der Waals surface area contributed by atoms with E-state index < -0.39 is 0 Å². The quantitative estimate of drug-likeness (QED) is 0.900. The van der Waals surface area contributed by atoms with E-state index in [1.165, 1.54) is 18.2 Å². The molecule has 0 saturated heterocycles. The molecule has 1 N–H and O–H groups in total. The fraction of sp³-hybridized carbons (Fsp3) is 0.333. The summed E-state index contributed by atoms with van der Waals surface area (Å²) in [6.45, 7) is 6.90. The fourth-order valence-electron chi connectivity index (χ4n) is 1.52. The fourth-order valence-corrected chi connectivity index (χ4v) is 1.95. The van der Waals surface area contributed by atoms with Crippen molar-refractivity contribution < 1.29 is 9.13 Å². The van der Waals surface area contributed by atoms with E-state index in [0.29, 0.717) is 22.6 Å². The van der Waals surface area contributed by atoms with Crippen molar-refractivity contribution >= 4 is 15.9 Å². The second-order valence-corrected chi connectivity index (χ2v) is 6.50. The van der Waals surface area contributed by atoms with Crippen LogP contribution in [0.4, 0.5) is 4.39 Å². The van der Waals surface area contributed by atoms with Gasteiger partial charge in [0.2, 0.25) is 5.88 Å². The van der Waals surface area contributed by atoms with Gasteiger partial charge < -0.3 is 10.1 Å². The van der Waals surface area contributed by atoms with Crippen LogP contribution >= 0.6 is 15.9 Å². The summed E-state index contributed by atoms with van der Waals surface area (Å²) in [5.74, 6) is 0.525. The lowest BCUT2D eigenvalue weighted by atomic mass is 10.1. The van der Waals surface area contributed by atoms with Crippen molar-refractivity contribution in [2.24, 2.45) is 0 Å². The number of aromatic nitrogens is 2. The van der Waals surface area contributed by atoms with E-state index in [-0.39, 0.29) is 11.4 Å². The van der Waals surface area contributed by atoms with Gasteiger partial charge in [-0.1, -0.05) is 0 Å². The minimum atomic E-state index is -0.330. The molecule has 4 nitrogen and oxygen atoms in total. The van der Waals surface area contributed by atoms with Crippen molar-refractivity contribution in [2.75, 3.05) is 0 Å². The maximum Gasteiger partial charge on any atom is 0.238 e. The molecular weight excluding hydrogens is 337 g/mol. The lowest BCUT2D eigenvalue weighted by Crippen LogP contribution is -2.35. The van der Waals surface area contributed by atoms with Crippen LogP contribution in [0.2, 0.25) is 0 Å². The first kappa shape index (κ1) is 15.9. The minimum absolute atomic E-state index is 0.0236. The smallest absolute Gasteiger partial charge is 0.238 e. The summed E-state index contributed by atoms with van der Waals surface area (Å²) in [6.07, 6.45) is 0. The van der Waals surface area contributed by atoms with Gasteiger partial charge in [-0.15, -0.1) is 5.10 Å². The van der Waals surface area contributed by atoms with Crippen LogP contribution in [0.25, 0.3) is 0 Å². The minimum Gasteiger partial charge on any atom is -0.436 e. The SMILES string of the molecule is CC(C)(C)NCc1ccc(Oc2ccc(F)cc2Br)nn1. The van der Waals surface area contributed by atoms with Gasteiger partial charge in [-0.25, -0.2) is 4.39 Å². The first-order valence-corrected chi connectivity index (χ1v) is 7.33. The number of halogens is 2. The summed E-state index contributed by atoms with van der Waals surface area (Å²) in [4.78, 5) is 0. The van der Waals surface area contributed by atoms with Gasteiger partial charge in [0.1, 0.15) is 11.6 Å². The lowest BCUT2D eigenvalue weighted by Gasteiger charge is -2.19. The average Bonchev–Trinajstić information content (AvgIpc) is 2.40. The van der Waals surface area contributed by atoms with E-state index in [9.17, 15) is 4.39 Å². The first-order chi connectivity index (χ1) is 9.83. The van der Waals surface area contributed by atoms with Gasteiger partial charge in [-0.2, -0.15) is 5.10 Å². The molecule has 0 aliphatic heterocycles. The second-order valence-electron chi connectivity index (χ2n) is 5.64. The zero-order chi connectivity index (χ0) is 15.5. The van der Waals surface area contributed by atoms with Crippen LogP contribution in [0, 0.1) is 5.82 Å². The van der Waals surface area contributed by atoms with Crippen LogP contribution in [0.1, 0.15) is 26.5 Å². The predicted octanol–water partition coefficient (Wildman–Crippen LogP) is 4.06. The number of benzene rings is 1. The van der Waals surface area contributed by atoms with Gasteiger partial charge in [0, 0.05) is 18.2 Å². The normalized spacial score (nSPS) is 11.5. The second kappa shape index (κ2) is 6.49. The summed E-state index contributed by atoms with van der Waals surface area (Å²) in [5.41, 5.74) is 0.853. The average molecular weight is 354 g/mol. The molecule has 112 valence electrons. The van der Waals surface area contributed by atoms with Crippen LogP contribution < -0.4 is 10.1 Å². The van der Waals surface area contributed by atoms with E-state index in [4.69, 9.17) is 4.74 Å². The van der Waals surface area contributed by atoms with Crippen LogP contribution in [0.15, 0.2) is 34.8 Å². The summed E-state index contributed by atoms with van der Waals surface area (Å²) < 4.78 is 19.1. The highest BCUT2D eigenvalue weighted by Gasteiger charge is 2.10. The zero-order valence-electron chi connectivity index (χ0n) is 12.2. The Labute approximate surface area is 131 Å². The van der Waals surface area contributed by atoms with Gasteiger partial charge >= 0.3 is 0 Å². The summed E-state index contributed by atoms with van der Waals surface area (Å²) in [7, 11) is 0. The number of hydrogen-bond donors (Lipinski definition) is 1. The molecule has 1 aromatic carbocycles. The van der Waals surface area contributed by atoms with E-state index in [0.717, 1.165) is 5.69 Å². The summed E-state index contributed by atoms with van der Waals surface area (Å²) in [6, 6.07) is 7.79. The molecule has 6 heteroatoms. The maximum atomic E-state index is 13.0. The Hall–Kier alpha value is -1.53. The van der Waals surface area contributed by atoms with Crippen molar-refractivity contribution in [1.82, 2.24) is 15.5 Å². The van der Waals surface area contributed by atoms with Gasteiger partial charge in [0.15, 0.2) is 0 Å². The maximum absolute atomic E-state index is 13.0. The van der Waals surface area contributed by atoms with E-state index >= 15 is 0 Å². The Morgan fingerprint density at radius 2 is 1.95 bits per heavy atom. The van der Waals surface area contributed by atoms with Crippen molar-refractivity contribution in [3.63, 3.8) is 0 Å². The molecule has 0 atom stereocenters. The van der Waals surface area contributed by atoms with Crippen molar-refractivity contribution in [1.29, 1.82) is 0 Å². The lowest BCUT2D eigenvalue weighted by molar-refractivity contribution is 0.416. The molecule has 0 unspecified atom stereocenters. The Kier molecular flexibility index (Phi) is 4.90. The Morgan fingerprint density at radius 1 is 1.19 bits per heavy atom. The van der Waals surface area contributed by atoms with Crippen LogP contribution in [-0.4, -0.2) is 15.7 Å². The van der Waals surface area contributed by atoms with Crippen molar-refractivity contribution in [2.45, 2.75) is 32.9 Å². The van der Waals surface area contributed by atoms with Crippen LogP contribution in [0.3, 0.4) is 0 Å². The molecular formula is C15H17BrFN3O. The molecule has 2 rings (SSSR count). The number of ether oxygens (including phenoxy) is 1. The third-order valence-corrected chi connectivity index (χ3v) is 3.22. The molecule has 0 radical (unpaired) electrons. The molecule has 0 aliphatic carbocycles. The third-order valence-electron chi connectivity index (χ3n) is 2.60. The van der Waals surface area contributed by atoms with Crippen LogP contribution in [0.5, 0.6) is 11.6 Å². The molecule has 0 amide bonds. The Bertz CT molecular complexity index is 611. The largest absolute Gasteiger partial charge is 0.436 e. The Morgan fingerprint density at radius 3 is 2.52 bits per heavy atom. The van der Waals surface area contributed by atoms with Crippen molar-refractivity contribution in [3.05, 3.63) is 46.3 Å². The molecule has 0 fully saturated rings. The summed E-state index contributed by atoms with van der Waals surface area (Å²) >= 11 is 3.24. The molecule has 1 aromatic heterocycles. The van der Waals surface area contributed by atoms with E-state index in [1.807, 2.05) is 6.07 Å². The molecule has 0 spiro atoms. The number of hydrogen-bond acceptors (Lipinski definition) is 4. The van der Waals surface area contributed by atoms with E-state index in [1.54, 1.807) is 6.07 Å².